The van der Waals surface area contributed by atoms with Gasteiger partial charge in [-0.05, 0) is 86.8 Å². The smallest absolute Gasteiger partial charge is 0.143 e. The number of para-hydroxylation sites is 1. The first-order chi connectivity index (χ1) is 28.3. The standard InChI is InChI=1S/C54H33NO2/c1-4-16-39-34(12-1)15-9-20-40(39)37-26-30-38(31-27-37)55(48-23-11-25-50-52(48)46-33-29-36-14-3-6-18-42(36)54(46)57-50)47-22-8-7-19-43(47)44-21-10-24-49-51(44)45-32-28-35-13-2-5-17-41(35)53(45)56-49/h1-33H. The maximum absolute atomic E-state index is 6.75. The highest BCUT2D eigenvalue weighted by Gasteiger charge is 2.24. The van der Waals surface area contributed by atoms with Crippen molar-refractivity contribution < 1.29 is 8.83 Å². The van der Waals surface area contributed by atoms with E-state index in [4.69, 9.17) is 8.83 Å². The van der Waals surface area contributed by atoms with Gasteiger partial charge < -0.3 is 13.7 Å². The summed E-state index contributed by atoms with van der Waals surface area (Å²) in [4.78, 5) is 2.41. The highest BCUT2D eigenvalue weighted by atomic mass is 16.3. The van der Waals surface area contributed by atoms with Crippen LogP contribution in [-0.2, 0) is 0 Å². The molecular weight excluding hydrogens is 695 g/mol. The van der Waals surface area contributed by atoms with E-state index >= 15 is 0 Å². The third-order valence-electron chi connectivity index (χ3n) is 11.7. The van der Waals surface area contributed by atoms with Gasteiger partial charge in [-0.2, -0.15) is 0 Å². The Kier molecular flexibility index (Phi) is 6.93. The maximum Gasteiger partial charge on any atom is 0.143 e. The summed E-state index contributed by atoms with van der Waals surface area (Å²) in [7, 11) is 0. The molecule has 10 aromatic carbocycles. The van der Waals surface area contributed by atoms with Crippen LogP contribution in [0, 0.1) is 0 Å². The molecule has 0 aliphatic heterocycles. The molecule has 0 saturated heterocycles. The molecule has 3 nitrogen and oxygen atoms in total. The van der Waals surface area contributed by atoms with Gasteiger partial charge in [0.1, 0.15) is 22.3 Å². The number of fused-ring (bicyclic) bond motifs is 11. The van der Waals surface area contributed by atoms with Crippen LogP contribution in [0.25, 0.3) is 98.4 Å². The summed E-state index contributed by atoms with van der Waals surface area (Å²) < 4.78 is 13.4. The number of anilines is 3. The fourth-order valence-corrected chi connectivity index (χ4v) is 9.07. The van der Waals surface area contributed by atoms with Crippen molar-refractivity contribution in [3.63, 3.8) is 0 Å². The predicted octanol–water partition coefficient (Wildman–Crippen LogP) is 15.7. The zero-order chi connectivity index (χ0) is 37.5. The van der Waals surface area contributed by atoms with Crippen LogP contribution in [0.3, 0.4) is 0 Å². The van der Waals surface area contributed by atoms with Crippen molar-refractivity contribution in [1.82, 2.24) is 0 Å². The molecule has 0 bridgehead atoms. The zero-order valence-electron chi connectivity index (χ0n) is 30.8. The first-order valence-electron chi connectivity index (χ1n) is 19.4. The third kappa shape index (κ3) is 4.86. The van der Waals surface area contributed by atoms with E-state index in [0.29, 0.717) is 0 Å². The van der Waals surface area contributed by atoms with Gasteiger partial charge in [0, 0.05) is 38.2 Å². The number of benzene rings is 10. The van der Waals surface area contributed by atoms with Crippen molar-refractivity contribution in [2.24, 2.45) is 0 Å². The van der Waals surface area contributed by atoms with Gasteiger partial charge in [-0.15, -0.1) is 0 Å². The van der Waals surface area contributed by atoms with Crippen LogP contribution >= 0.6 is 0 Å². The van der Waals surface area contributed by atoms with Gasteiger partial charge in [0.15, 0.2) is 0 Å². The predicted molar refractivity (Wildman–Crippen MR) is 239 cm³/mol. The summed E-state index contributed by atoms with van der Waals surface area (Å²) in [6.07, 6.45) is 0. The number of rotatable bonds is 5. The van der Waals surface area contributed by atoms with Crippen molar-refractivity contribution in [3.8, 4) is 22.3 Å². The second-order valence-electron chi connectivity index (χ2n) is 14.8. The molecule has 0 spiro atoms. The quantitative estimate of drug-likeness (QED) is 0.177. The van der Waals surface area contributed by atoms with Gasteiger partial charge in [-0.1, -0.05) is 152 Å². The second kappa shape index (κ2) is 12.5. The Labute approximate surface area is 328 Å². The van der Waals surface area contributed by atoms with Crippen molar-refractivity contribution in [3.05, 3.63) is 200 Å². The molecule has 266 valence electrons. The van der Waals surface area contributed by atoms with Crippen molar-refractivity contribution in [2.75, 3.05) is 4.90 Å². The Bertz CT molecular complexity index is 3530. The summed E-state index contributed by atoms with van der Waals surface area (Å²) in [5.41, 5.74) is 11.3. The Balaban J connectivity index is 1.12. The minimum Gasteiger partial charge on any atom is -0.455 e. The molecule has 2 heterocycles. The van der Waals surface area contributed by atoms with Gasteiger partial charge in [0.05, 0.1) is 16.8 Å². The lowest BCUT2D eigenvalue weighted by Crippen LogP contribution is -2.11. The van der Waals surface area contributed by atoms with Crippen LogP contribution < -0.4 is 4.90 Å². The summed E-state index contributed by atoms with van der Waals surface area (Å²) in [5, 5.41) is 11.4. The molecule has 0 radical (unpaired) electrons. The van der Waals surface area contributed by atoms with E-state index in [0.717, 1.165) is 93.6 Å². The van der Waals surface area contributed by atoms with E-state index in [9.17, 15) is 0 Å². The lowest BCUT2D eigenvalue weighted by molar-refractivity contribution is 0.672. The Hall–Kier alpha value is -7.62. The molecule has 12 rings (SSSR count). The van der Waals surface area contributed by atoms with Crippen LogP contribution in [0.4, 0.5) is 17.1 Å². The van der Waals surface area contributed by atoms with Crippen LogP contribution in [0.1, 0.15) is 0 Å². The highest BCUT2D eigenvalue weighted by Crippen LogP contribution is 2.49. The fourth-order valence-electron chi connectivity index (χ4n) is 9.07. The molecule has 0 saturated carbocycles. The summed E-state index contributed by atoms with van der Waals surface area (Å²) in [6.45, 7) is 0. The normalized spacial score (nSPS) is 11.9. The molecule has 0 amide bonds. The van der Waals surface area contributed by atoms with Gasteiger partial charge in [0.25, 0.3) is 0 Å². The Morgan fingerprint density at radius 3 is 1.51 bits per heavy atom. The number of hydrogen-bond donors (Lipinski definition) is 0. The topological polar surface area (TPSA) is 29.5 Å². The van der Waals surface area contributed by atoms with Crippen LogP contribution in [0.2, 0.25) is 0 Å². The molecule has 57 heavy (non-hydrogen) atoms. The van der Waals surface area contributed by atoms with Crippen LogP contribution in [-0.4, -0.2) is 0 Å². The van der Waals surface area contributed by atoms with Crippen molar-refractivity contribution in [2.45, 2.75) is 0 Å². The second-order valence-corrected chi connectivity index (χ2v) is 14.8. The minimum absolute atomic E-state index is 0.850. The molecule has 0 atom stereocenters. The molecule has 3 heteroatoms. The van der Waals surface area contributed by atoms with E-state index in [1.54, 1.807) is 0 Å². The molecule has 0 aliphatic rings. The van der Waals surface area contributed by atoms with E-state index in [1.807, 2.05) is 0 Å². The summed E-state index contributed by atoms with van der Waals surface area (Å²) >= 11 is 0. The highest BCUT2D eigenvalue weighted by molar-refractivity contribution is 6.22. The molecule has 2 aromatic heterocycles. The SMILES string of the molecule is c1ccc(N(c2ccc(-c3cccc4ccccc34)cc2)c2cccc3oc4c5ccccc5ccc4c23)c(-c2cccc3oc4c5ccccc5ccc4c23)c1. The average molecular weight is 728 g/mol. The first kappa shape index (κ1) is 31.7. The third-order valence-corrected chi connectivity index (χ3v) is 11.7. The van der Waals surface area contributed by atoms with Crippen LogP contribution in [0.15, 0.2) is 209 Å². The lowest BCUT2D eigenvalue weighted by Gasteiger charge is -2.29. The number of hydrogen-bond acceptors (Lipinski definition) is 3. The van der Waals surface area contributed by atoms with E-state index in [2.05, 4.69) is 205 Å². The largest absolute Gasteiger partial charge is 0.455 e. The van der Waals surface area contributed by atoms with E-state index in [1.165, 1.54) is 21.9 Å². The lowest BCUT2D eigenvalue weighted by atomic mass is 9.95. The van der Waals surface area contributed by atoms with Gasteiger partial charge >= 0.3 is 0 Å². The Morgan fingerprint density at radius 1 is 0.298 bits per heavy atom. The molecular formula is C54H33NO2. The van der Waals surface area contributed by atoms with Gasteiger partial charge in [-0.3, -0.25) is 0 Å². The molecule has 0 unspecified atom stereocenters. The monoisotopic (exact) mass is 727 g/mol. The van der Waals surface area contributed by atoms with Crippen LogP contribution in [0.5, 0.6) is 0 Å². The number of nitrogens with zero attached hydrogens (tertiary/aromatic N) is 1. The fraction of sp³-hybridized carbons (Fsp3) is 0. The van der Waals surface area contributed by atoms with Crippen molar-refractivity contribution in [1.29, 1.82) is 0 Å². The Morgan fingerprint density at radius 2 is 0.789 bits per heavy atom. The molecule has 0 N–H and O–H groups in total. The number of furan rings is 2. The van der Waals surface area contributed by atoms with Gasteiger partial charge in [-0.25, -0.2) is 0 Å². The molecule has 0 fully saturated rings. The molecule has 0 aliphatic carbocycles. The summed E-state index contributed by atoms with van der Waals surface area (Å²) in [6, 6.07) is 71.5. The summed E-state index contributed by atoms with van der Waals surface area (Å²) in [5.74, 6) is 0. The first-order valence-corrected chi connectivity index (χ1v) is 19.4. The minimum atomic E-state index is 0.850. The van der Waals surface area contributed by atoms with E-state index in [-0.39, 0.29) is 0 Å². The zero-order valence-corrected chi connectivity index (χ0v) is 30.8. The van der Waals surface area contributed by atoms with E-state index < -0.39 is 0 Å². The maximum atomic E-state index is 6.75. The van der Waals surface area contributed by atoms with Crippen molar-refractivity contribution >= 4 is 93.3 Å². The molecule has 12 aromatic rings. The average Bonchev–Trinajstić information content (AvgIpc) is 3.87. The van der Waals surface area contributed by atoms with Gasteiger partial charge in [0.2, 0.25) is 0 Å².